The summed E-state index contributed by atoms with van der Waals surface area (Å²) in [4.78, 5) is 4.43. The molecule has 104 valence electrons. The molecular weight excluding hydrogens is 232 g/mol. The number of hydrogen-bond donors (Lipinski definition) is 1. The van der Waals surface area contributed by atoms with Crippen LogP contribution in [0.2, 0.25) is 0 Å². The molecule has 0 aromatic heterocycles. The molecule has 0 aromatic carbocycles. The van der Waals surface area contributed by atoms with Crippen LogP contribution in [-0.4, -0.2) is 32.8 Å². The van der Waals surface area contributed by atoms with Crippen LogP contribution in [0.4, 0.5) is 0 Å². The molecule has 0 spiro atoms. The highest BCUT2D eigenvalue weighted by atomic mass is 16.5. The molecule has 5 heteroatoms. The third-order valence-electron chi connectivity index (χ3n) is 3.48. The van der Waals surface area contributed by atoms with Gasteiger partial charge in [-0.15, -0.1) is 0 Å². The fourth-order valence-corrected chi connectivity index (χ4v) is 2.47. The average molecular weight is 256 g/mol. The first-order valence-electron chi connectivity index (χ1n) is 6.17. The van der Waals surface area contributed by atoms with E-state index >= 15 is 0 Å². The zero-order valence-corrected chi connectivity index (χ0v) is 12.3. The lowest BCUT2D eigenvalue weighted by Crippen LogP contribution is -2.61. The quantitative estimate of drug-likeness (QED) is 0.837. The van der Waals surface area contributed by atoms with Gasteiger partial charge in [0.1, 0.15) is 5.54 Å². The van der Waals surface area contributed by atoms with Crippen molar-refractivity contribution in [3.63, 3.8) is 0 Å². The standard InChI is InChI=1S/C13H24N2O3/c1-8(2)13(9(3)4)12(18-7)14-10(16-5)11(15-13)17-6/h8-9,15H,1-7H3. The van der Waals surface area contributed by atoms with E-state index in [1.165, 1.54) is 0 Å². The van der Waals surface area contributed by atoms with Crippen molar-refractivity contribution in [2.24, 2.45) is 16.8 Å². The van der Waals surface area contributed by atoms with E-state index in [1.54, 1.807) is 21.3 Å². The van der Waals surface area contributed by atoms with Crippen LogP contribution in [0.15, 0.2) is 16.8 Å². The minimum atomic E-state index is -0.387. The smallest absolute Gasteiger partial charge is 0.278 e. The topological polar surface area (TPSA) is 52.1 Å². The van der Waals surface area contributed by atoms with Crippen molar-refractivity contribution in [2.45, 2.75) is 33.2 Å². The van der Waals surface area contributed by atoms with Gasteiger partial charge in [-0.1, -0.05) is 27.7 Å². The van der Waals surface area contributed by atoms with E-state index in [1.807, 2.05) is 0 Å². The minimum Gasteiger partial charge on any atom is -0.482 e. The highest BCUT2D eigenvalue weighted by Crippen LogP contribution is 2.33. The van der Waals surface area contributed by atoms with E-state index in [0.717, 1.165) is 0 Å². The number of rotatable bonds is 4. The molecule has 1 aliphatic rings. The van der Waals surface area contributed by atoms with Crippen molar-refractivity contribution in [1.29, 1.82) is 0 Å². The first kappa shape index (κ1) is 14.7. The average Bonchev–Trinajstić information content (AvgIpc) is 2.36. The second kappa shape index (κ2) is 5.50. The number of nitrogens with one attached hydrogen (secondary N) is 1. The molecule has 0 unspecified atom stereocenters. The van der Waals surface area contributed by atoms with Crippen LogP contribution >= 0.6 is 0 Å². The molecule has 0 atom stereocenters. The van der Waals surface area contributed by atoms with Crippen molar-refractivity contribution in [3.8, 4) is 0 Å². The molecule has 0 radical (unpaired) electrons. The Morgan fingerprint density at radius 1 is 0.944 bits per heavy atom. The second-order valence-corrected chi connectivity index (χ2v) is 4.97. The lowest BCUT2D eigenvalue weighted by atomic mass is 9.76. The van der Waals surface area contributed by atoms with Crippen molar-refractivity contribution < 1.29 is 14.2 Å². The lowest BCUT2D eigenvalue weighted by Gasteiger charge is -2.44. The van der Waals surface area contributed by atoms with Gasteiger partial charge in [-0.2, -0.15) is 4.99 Å². The molecule has 0 aromatic rings. The molecule has 0 saturated carbocycles. The Morgan fingerprint density at radius 3 is 1.83 bits per heavy atom. The number of ether oxygens (including phenoxy) is 3. The monoisotopic (exact) mass is 256 g/mol. The van der Waals surface area contributed by atoms with Crippen LogP contribution in [0.25, 0.3) is 0 Å². The zero-order valence-electron chi connectivity index (χ0n) is 12.3. The van der Waals surface area contributed by atoms with E-state index < -0.39 is 0 Å². The first-order valence-corrected chi connectivity index (χ1v) is 6.17. The van der Waals surface area contributed by atoms with Crippen LogP contribution < -0.4 is 5.32 Å². The maximum atomic E-state index is 5.47. The normalized spacial score (nSPS) is 18.6. The second-order valence-electron chi connectivity index (χ2n) is 4.97. The van der Waals surface area contributed by atoms with Crippen LogP contribution in [0, 0.1) is 11.8 Å². The van der Waals surface area contributed by atoms with Crippen molar-refractivity contribution in [2.75, 3.05) is 21.3 Å². The fraction of sp³-hybridized carbons (Fsp3) is 0.769. The Bertz CT molecular complexity index is 351. The zero-order chi connectivity index (χ0) is 13.9. The van der Waals surface area contributed by atoms with Crippen LogP contribution in [-0.2, 0) is 14.2 Å². The summed E-state index contributed by atoms with van der Waals surface area (Å²) in [6, 6.07) is 0. The molecule has 0 amide bonds. The number of nitrogens with zero attached hydrogens (tertiary/aromatic N) is 1. The predicted molar refractivity (Wildman–Crippen MR) is 71.0 cm³/mol. The van der Waals surface area contributed by atoms with E-state index in [-0.39, 0.29) is 5.54 Å². The van der Waals surface area contributed by atoms with Crippen molar-refractivity contribution in [3.05, 3.63) is 11.8 Å². The summed E-state index contributed by atoms with van der Waals surface area (Å²) in [6.07, 6.45) is 0. The maximum Gasteiger partial charge on any atom is 0.278 e. The summed E-state index contributed by atoms with van der Waals surface area (Å²) >= 11 is 0. The molecule has 1 heterocycles. The molecule has 5 nitrogen and oxygen atoms in total. The van der Waals surface area contributed by atoms with Gasteiger partial charge >= 0.3 is 0 Å². The minimum absolute atomic E-state index is 0.291. The van der Waals surface area contributed by atoms with E-state index in [9.17, 15) is 0 Å². The van der Waals surface area contributed by atoms with E-state index in [4.69, 9.17) is 14.2 Å². The summed E-state index contributed by atoms with van der Waals surface area (Å²) in [7, 11) is 4.79. The highest BCUT2D eigenvalue weighted by Gasteiger charge is 2.47. The van der Waals surface area contributed by atoms with Crippen molar-refractivity contribution >= 4 is 5.90 Å². The lowest BCUT2D eigenvalue weighted by molar-refractivity contribution is 0.127. The Morgan fingerprint density at radius 2 is 1.50 bits per heavy atom. The molecule has 0 aliphatic carbocycles. The molecule has 1 rings (SSSR count). The molecule has 1 N–H and O–H groups in total. The van der Waals surface area contributed by atoms with Crippen LogP contribution in [0.3, 0.4) is 0 Å². The van der Waals surface area contributed by atoms with Gasteiger partial charge in [0.05, 0.1) is 21.3 Å². The fourth-order valence-electron chi connectivity index (χ4n) is 2.47. The van der Waals surface area contributed by atoms with Gasteiger partial charge in [0.25, 0.3) is 11.8 Å². The van der Waals surface area contributed by atoms with Gasteiger partial charge in [-0.3, -0.25) is 0 Å². The van der Waals surface area contributed by atoms with Gasteiger partial charge in [-0.25, -0.2) is 0 Å². The number of methoxy groups -OCH3 is 3. The summed E-state index contributed by atoms with van der Waals surface area (Å²) in [5.41, 5.74) is -0.387. The number of aliphatic imine (C=N–C) groups is 1. The largest absolute Gasteiger partial charge is 0.482 e. The molecule has 0 bridgehead atoms. The molecular formula is C13H24N2O3. The van der Waals surface area contributed by atoms with Gasteiger partial charge in [0.15, 0.2) is 0 Å². The van der Waals surface area contributed by atoms with Gasteiger partial charge < -0.3 is 19.5 Å². The first-order chi connectivity index (χ1) is 8.43. The van der Waals surface area contributed by atoms with Crippen LogP contribution in [0.5, 0.6) is 0 Å². The molecule has 1 aliphatic heterocycles. The molecule has 18 heavy (non-hydrogen) atoms. The van der Waals surface area contributed by atoms with E-state index in [2.05, 4.69) is 38.0 Å². The van der Waals surface area contributed by atoms with Gasteiger partial charge in [0, 0.05) is 0 Å². The third-order valence-corrected chi connectivity index (χ3v) is 3.48. The van der Waals surface area contributed by atoms with Gasteiger partial charge in [0.2, 0.25) is 5.90 Å². The summed E-state index contributed by atoms with van der Waals surface area (Å²) in [6.45, 7) is 8.53. The van der Waals surface area contributed by atoms with Gasteiger partial charge in [-0.05, 0) is 11.8 Å². The SMILES string of the molecule is COC1=NC(OC)=C(OC)NC1(C(C)C)C(C)C. The Balaban J connectivity index is 3.33. The number of hydrogen-bond acceptors (Lipinski definition) is 5. The molecule has 0 saturated heterocycles. The van der Waals surface area contributed by atoms with E-state index in [0.29, 0.717) is 29.5 Å². The highest BCUT2D eigenvalue weighted by molar-refractivity contribution is 5.89. The Labute approximate surface area is 109 Å². The predicted octanol–water partition coefficient (Wildman–Crippen LogP) is 2.10. The summed E-state index contributed by atoms with van der Waals surface area (Å²) < 4.78 is 16.0. The van der Waals surface area contributed by atoms with Crippen LogP contribution in [0.1, 0.15) is 27.7 Å². The maximum absolute atomic E-state index is 5.47. The Hall–Kier alpha value is -1.39. The third kappa shape index (κ3) is 2.13. The summed E-state index contributed by atoms with van der Waals surface area (Å²) in [5.74, 6) is 2.16. The Kier molecular flexibility index (Phi) is 4.48. The summed E-state index contributed by atoms with van der Waals surface area (Å²) in [5, 5.41) is 3.39. The molecule has 0 fully saturated rings. The van der Waals surface area contributed by atoms with Crippen molar-refractivity contribution in [1.82, 2.24) is 5.32 Å².